The van der Waals surface area contributed by atoms with Crippen LogP contribution in [0.25, 0.3) is 0 Å². The average molecular weight is 350 g/mol. The molecule has 0 bridgehead atoms. The van der Waals surface area contributed by atoms with E-state index in [4.69, 9.17) is 0 Å². The third-order valence-corrected chi connectivity index (χ3v) is 4.92. The lowest BCUT2D eigenvalue weighted by Gasteiger charge is -2.20. The molecule has 2 aromatic carbocycles. The van der Waals surface area contributed by atoms with Crippen LogP contribution in [0, 0.1) is 19.8 Å². The first-order valence-electron chi connectivity index (χ1n) is 8.65. The van der Waals surface area contributed by atoms with E-state index in [2.05, 4.69) is 5.32 Å². The number of amides is 2. The van der Waals surface area contributed by atoms with Crippen molar-refractivity contribution < 1.29 is 14.4 Å². The van der Waals surface area contributed by atoms with Gasteiger partial charge in [-0.2, -0.15) is 0 Å². The number of aryl methyl sites for hydroxylation is 1. The van der Waals surface area contributed by atoms with Gasteiger partial charge < -0.3 is 10.2 Å². The Morgan fingerprint density at radius 2 is 1.77 bits per heavy atom. The highest BCUT2D eigenvalue weighted by atomic mass is 16.2. The molecule has 0 saturated carbocycles. The molecule has 1 heterocycles. The highest BCUT2D eigenvalue weighted by Gasteiger charge is 2.35. The smallest absolute Gasteiger partial charge is 0.229 e. The molecule has 0 spiro atoms. The molecule has 5 heteroatoms. The van der Waals surface area contributed by atoms with Crippen molar-refractivity contribution in [1.29, 1.82) is 0 Å². The maximum Gasteiger partial charge on any atom is 0.229 e. The lowest BCUT2D eigenvalue weighted by atomic mass is 10.1. The molecule has 1 saturated heterocycles. The quantitative estimate of drug-likeness (QED) is 0.858. The number of benzene rings is 2. The third-order valence-electron chi connectivity index (χ3n) is 4.92. The number of carbonyl (C=O) groups is 3. The number of nitrogens with one attached hydrogen (secondary N) is 1. The first-order chi connectivity index (χ1) is 12.4. The second-order valence-electron chi connectivity index (χ2n) is 6.75. The molecule has 1 N–H and O–H groups in total. The summed E-state index contributed by atoms with van der Waals surface area (Å²) in [5.41, 5.74) is 4.27. The number of anilines is 2. The Morgan fingerprint density at radius 1 is 1.08 bits per heavy atom. The van der Waals surface area contributed by atoms with Crippen LogP contribution in [0.3, 0.4) is 0 Å². The molecule has 0 aromatic heterocycles. The number of carbonyl (C=O) groups excluding carboxylic acids is 3. The van der Waals surface area contributed by atoms with Crippen molar-refractivity contribution in [2.24, 2.45) is 5.92 Å². The van der Waals surface area contributed by atoms with Crippen LogP contribution in [0.1, 0.15) is 34.8 Å². The second-order valence-corrected chi connectivity index (χ2v) is 6.75. The lowest BCUT2D eigenvalue weighted by Crippen LogP contribution is -2.28. The van der Waals surface area contributed by atoms with Crippen LogP contribution in [0.15, 0.2) is 42.5 Å². The number of hydrogen-bond acceptors (Lipinski definition) is 3. The summed E-state index contributed by atoms with van der Waals surface area (Å²) in [4.78, 5) is 38.0. The molecule has 1 aliphatic heterocycles. The molecule has 5 nitrogen and oxygen atoms in total. The van der Waals surface area contributed by atoms with Gasteiger partial charge in [-0.3, -0.25) is 14.4 Å². The Labute approximate surface area is 153 Å². The number of rotatable bonds is 4. The van der Waals surface area contributed by atoms with Gasteiger partial charge in [-0.05, 0) is 62.2 Å². The van der Waals surface area contributed by atoms with Crippen molar-refractivity contribution in [3.63, 3.8) is 0 Å². The first-order valence-corrected chi connectivity index (χ1v) is 8.65. The second kappa shape index (κ2) is 7.12. The molecular weight excluding hydrogens is 328 g/mol. The van der Waals surface area contributed by atoms with Gasteiger partial charge in [-0.15, -0.1) is 0 Å². The van der Waals surface area contributed by atoms with Crippen LogP contribution < -0.4 is 10.2 Å². The summed E-state index contributed by atoms with van der Waals surface area (Å²) in [6, 6.07) is 12.6. The van der Waals surface area contributed by atoms with Gasteiger partial charge >= 0.3 is 0 Å². The van der Waals surface area contributed by atoms with Gasteiger partial charge in [0.15, 0.2) is 5.78 Å². The van der Waals surface area contributed by atoms with Crippen LogP contribution in [-0.4, -0.2) is 24.1 Å². The first kappa shape index (κ1) is 17.9. The number of nitrogens with zero attached hydrogens (tertiary/aromatic N) is 1. The van der Waals surface area contributed by atoms with Crippen LogP contribution in [-0.2, 0) is 9.59 Å². The van der Waals surface area contributed by atoms with Crippen molar-refractivity contribution in [2.75, 3.05) is 16.8 Å². The summed E-state index contributed by atoms with van der Waals surface area (Å²) >= 11 is 0. The average Bonchev–Trinajstić information content (AvgIpc) is 2.99. The standard InChI is InChI=1S/C21H22N2O3/c1-13-5-4-6-19(14(13)2)23-12-17(11-20(23)25)21(26)22-18-9-7-16(8-10-18)15(3)24/h4-10,17H,11-12H2,1-3H3,(H,22,26). The molecule has 2 aromatic rings. The Morgan fingerprint density at radius 3 is 2.42 bits per heavy atom. The van der Waals surface area contributed by atoms with E-state index in [0.717, 1.165) is 16.8 Å². The Hall–Kier alpha value is -2.95. The third kappa shape index (κ3) is 3.52. The van der Waals surface area contributed by atoms with Crippen molar-refractivity contribution in [1.82, 2.24) is 0 Å². The van der Waals surface area contributed by atoms with E-state index < -0.39 is 5.92 Å². The molecule has 134 valence electrons. The maximum absolute atomic E-state index is 12.6. The van der Waals surface area contributed by atoms with Crippen molar-refractivity contribution >= 4 is 29.0 Å². The molecule has 26 heavy (non-hydrogen) atoms. The van der Waals surface area contributed by atoms with E-state index >= 15 is 0 Å². The minimum Gasteiger partial charge on any atom is -0.326 e. The molecular formula is C21H22N2O3. The minimum absolute atomic E-state index is 0.0200. The van der Waals surface area contributed by atoms with Gasteiger partial charge in [0, 0.05) is 29.9 Å². The molecule has 0 aliphatic carbocycles. The zero-order valence-electron chi connectivity index (χ0n) is 15.2. The minimum atomic E-state index is -0.394. The van der Waals surface area contributed by atoms with E-state index in [1.54, 1.807) is 29.2 Å². The fourth-order valence-corrected chi connectivity index (χ4v) is 3.18. The van der Waals surface area contributed by atoms with E-state index in [-0.39, 0.29) is 24.0 Å². The van der Waals surface area contributed by atoms with Crippen molar-refractivity contribution in [3.05, 3.63) is 59.2 Å². The predicted octanol–water partition coefficient (Wildman–Crippen LogP) is 3.50. The monoisotopic (exact) mass is 350 g/mol. The summed E-state index contributed by atoms with van der Waals surface area (Å²) in [6.45, 7) is 5.87. The van der Waals surface area contributed by atoms with Crippen molar-refractivity contribution in [3.8, 4) is 0 Å². The van der Waals surface area contributed by atoms with Gasteiger partial charge in [0.1, 0.15) is 0 Å². The maximum atomic E-state index is 12.6. The van der Waals surface area contributed by atoms with Gasteiger partial charge in [-0.25, -0.2) is 0 Å². The van der Waals surface area contributed by atoms with E-state index in [1.165, 1.54) is 6.92 Å². The summed E-state index contributed by atoms with van der Waals surface area (Å²) in [5, 5.41) is 2.84. The highest BCUT2D eigenvalue weighted by molar-refractivity contribution is 6.04. The van der Waals surface area contributed by atoms with E-state index in [1.807, 2.05) is 32.0 Å². The summed E-state index contributed by atoms with van der Waals surface area (Å²) in [5.74, 6) is -0.629. The largest absolute Gasteiger partial charge is 0.326 e. The summed E-state index contributed by atoms with van der Waals surface area (Å²) in [6.07, 6.45) is 0.199. The van der Waals surface area contributed by atoms with E-state index in [0.29, 0.717) is 17.8 Å². The molecule has 3 rings (SSSR count). The van der Waals surface area contributed by atoms with Crippen LogP contribution in [0.5, 0.6) is 0 Å². The summed E-state index contributed by atoms with van der Waals surface area (Å²) < 4.78 is 0. The van der Waals surface area contributed by atoms with Crippen LogP contribution in [0.4, 0.5) is 11.4 Å². The van der Waals surface area contributed by atoms with E-state index in [9.17, 15) is 14.4 Å². The Balaban J connectivity index is 1.71. The SMILES string of the molecule is CC(=O)c1ccc(NC(=O)C2CC(=O)N(c3cccc(C)c3C)C2)cc1. The fraction of sp³-hybridized carbons (Fsp3) is 0.286. The molecule has 1 fully saturated rings. The van der Waals surface area contributed by atoms with Gasteiger partial charge in [0.25, 0.3) is 0 Å². The highest BCUT2D eigenvalue weighted by Crippen LogP contribution is 2.30. The lowest BCUT2D eigenvalue weighted by molar-refractivity contribution is -0.122. The normalized spacial score (nSPS) is 16.7. The zero-order valence-corrected chi connectivity index (χ0v) is 15.2. The van der Waals surface area contributed by atoms with Gasteiger partial charge in [0.2, 0.25) is 11.8 Å². The van der Waals surface area contributed by atoms with Crippen LogP contribution >= 0.6 is 0 Å². The summed E-state index contributed by atoms with van der Waals surface area (Å²) in [7, 11) is 0. The number of ketones is 1. The number of hydrogen-bond donors (Lipinski definition) is 1. The predicted molar refractivity (Wildman–Crippen MR) is 101 cm³/mol. The van der Waals surface area contributed by atoms with Gasteiger partial charge in [0.05, 0.1) is 5.92 Å². The Kier molecular flexibility index (Phi) is 4.89. The molecule has 1 atom stereocenters. The topological polar surface area (TPSA) is 66.5 Å². The molecule has 1 aliphatic rings. The molecule has 0 radical (unpaired) electrons. The number of Topliss-reactive ketones (excluding diaryl/α,β-unsaturated/α-hetero) is 1. The van der Waals surface area contributed by atoms with Gasteiger partial charge in [-0.1, -0.05) is 12.1 Å². The Bertz CT molecular complexity index is 871. The molecule has 2 amide bonds. The zero-order chi connectivity index (χ0) is 18.8. The van der Waals surface area contributed by atoms with Crippen LogP contribution in [0.2, 0.25) is 0 Å². The van der Waals surface area contributed by atoms with Crippen molar-refractivity contribution in [2.45, 2.75) is 27.2 Å². The molecule has 1 unspecified atom stereocenters. The fourth-order valence-electron chi connectivity index (χ4n) is 3.18.